The van der Waals surface area contributed by atoms with Gasteiger partial charge in [0.2, 0.25) is 0 Å². The molecular weight excluding hydrogens is 602 g/mol. The average Bonchev–Trinajstić information content (AvgIpc) is 3.58. The third-order valence-electron chi connectivity index (χ3n) is 7.88. The van der Waals surface area contributed by atoms with Crippen LogP contribution in [0.25, 0.3) is 33.3 Å². The number of ether oxygens (including phenoxy) is 1. The minimum atomic E-state index is -4.21. The zero-order chi connectivity index (χ0) is 31.3. The molecule has 3 heterocycles. The summed E-state index contributed by atoms with van der Waals surface area (Å²) in [5.74, 6) is -1.31. The molecule has 0 unspecified atom stereocenters. The molecule has 0 spiro atoms. The van der Waals surface area contributed by atoms with Crippen LogP contribution in [-0.4, -0.2) is 63.5 Å². The summed E-state index contributed by atoms with van der Waals surface area (Å²) < 4.78 is 50.1. The van der Waals surface area contributed by atoms with Crippen molar-refractivity contribution in [1.29, 1.82) is 0 Å². The van der Waals surface area contributed by atoms with Gasteiger partial charge in [0.25, 0.3) is 15.9 Å². The highest BCUT2D eigenvalue weighted by atomic mass is 32.2. The van der Waals surface area contributed by atoms with Crippen LogP contribution in [0.1, 0.15) is 15.2 Å². The summed E-state index contributed by atoms with van der Waals surface area (Å²) in [6.45, 7) is 2.80. The largest absolute Gasteiger partial charge is 0.469 e. The molecule has 44 heavy (non-hydrogen) atoms. The fourth-order valence-electron chi connectivity index (χ4n) is 5.56. The maximum absolute atomic E-state index is 14.9. The number of hydrogen-bond acceptors (Lipinski definition) is 7. The predicted molar refractivity (Wildman–Crippen MR) is 170 cm³/mol. The zero-order valence-electron chi connectivity index (χ0n) is 24.6. The minimum Gasteiger partial charge on any atom is -0.469 e. The van der Waals surface area contributed by atoms with Gasteiger partial charge in [0.15, 0.2) is 0 Å². The van der Waals surface area contributed by atoms with Gasteiger partial charge in [-0.05, 0) is 60.8 Å². The third-order valence-corrected chi connectivity index (χ3v) is 10.5. The molecule has 6 rings (SSSR count). The van der Waals surface area contributed by atoms with Crippen LogP contribution in [0.2, 0.25) is 0 Å². The number of carbonyl (C=O) groups is 2. The quantitative estimate of drug-likeness (QED) is 0.204. The molecule has 0 N–H and O–H groups in total. The molecule has 1 saturated heterocycles. The van der Waals surface area contributed by atoms with E-state index in [9.17, 15) is 22.4 Å². The van der Waals surface area contributed by atoms with E-state index in [1.54, 1.807) is 55.9 Å². The molecule has 8 nitrogen and oxygen atoms in total. The Labute approximate surface area is 259 Å². The van der Waals surface area contributed by atoms with Crippen LogP contribution >= 0.6 is 11.3 Å². The van der Waals surface area contributed by atoms with E-state index >= 15 is 0 Å². The number of amides is 1. The summed E-state index contributed by atoms with van der Waals surface area (Å²) in [6.07, 6.45) is 0. The highest BCUT2D eigenvalue weighted by Gasteiger charge is 2.35. The number of thiophene rings is 1. The molecule has 0 radical (unpaired) electrons. The number of methoxy groups -OCH3 is 1. The number of carbonyl (C=O) groups excluding carboxylic acids is 2. The van der Waals surface area contributed by atoms with Crippen LogP contribution in [0, 0.1) is 18.7 Å². The smallest absolute Gasteiger partial charge is 0.312 e. The summed E-state index contributed by atoms with van der Waals surface area (Å²) in [6, 6.07) is 19.7. The van der Waals surface area contributed by atoms with Gasteiger partial charge in [-0.3, -0.25) is 9.59 Å². The molecule has 226 valence electrons. The fourth-order valence-corrected chi connectivity index (χ4v) is 8.03. The normalized spacial score (nSPS) is 13.6. The molecular formula is C33H30FN3O5S2. The van der Waals surface area contributed by atoms with Crippen LogP contribution in [0.15, 0.2) is 83.1 Å². The number of aromatic nitrogens is 1. The van der Waals surface area contributed by atoms with Crippen molar-refractivity contribution in [3.05, 3.63) is 94.4 Å². The number of rotatable bonds is 7. The van der Waals surface area contributed by atoms with E-state index in [0.29, 0.717) is 45.7 Å². The van der Waals surface area contributed by atoms with Crippen LogP contribution in [0.3, 0.4) is 0 Å². The van der Waals surface area contributed by atoms with Gasteiger partial charge in [-0.1, -0.05) is 29.8 Å². The molecule has 0 saturated carbocycles. The van der Waals surface area contributed by atoms with Gasteiger partial charge in [0, 0.05) is 54.9 Å². The summed E-state index contributed by atoms with van der Waals surface area (Å²) >= 11 is 1.24. The molecule has 0 atom stereocenters. The Morgan fingerprint density at radius 3 is 2.41 bits per heavy atom. The molecule has 0 bridgehead atoms. The third kappa shape index (κ3) is 4.95. The Bertz CT molecular complexity index is 2020. The monoisotopic (exact) mass is 631 g/mol. The van der Waals surface area contributed by atoms with Crippen molar-refractivity contribution < 1.29 is 27.1 Å². The van der Waals surface area contributed by atoms with Gasteiger partial charge in [-0.25, -0.2) is 16.8 Å². The molecule has 2 aromatic heterocycles. The number of hydrogen-bond donors (Lipinski definition) is 0. The number of aryl methyl sites for hydroxylation is 1. The van der Waals surface area contributed by atoms with Crippen molar-refractivity contribution in [2.45, 2.75) is 11.8 Å². The SMILES string of the molecule is COC(=O)C1CN(c2cccc(-c3c(-c4ccsc4C(=O)N(C)C)c4cc(F)ccc4n3S(=O)(=O)c3ccc(C)cc3)c2)C1. The molecule has 1 aliphatic heterocycles. The van der Waals surface area contributed by atoms with Gasteiger partial charge in [-0.15, -0.1) is 11.3 Å². The van der Waals surface area contributed by atoms with Gasteiger partial charge >= 0.3 is 5.97 Å². The highest BCUT2D eigenvalue weighted by molar-refractivity contribution is 7.90. The van der Waals surface area contributed by atoms with Crippen LogP contribution in [0.4, 0.5) is 10.1 Å². The average molecular weight is 632 g/mol. The van der Waals surface area contributed by atoms with Crippen molar-refractivity contribution in [3.8, 4) is 22.4 Å². The van der Waals surface area contributed by atoms with Crippen molar-refractivity contribution in [3.63, 3.8) is 0 Å². The fraction of sp³-hybridized carbons (Fsp3) is 0.212. The molecule has 3 aromatic carbocycles. The van der Waals surface area contributed by atoms with Crippen LogP contribution < -0.4 is 4.90 Å². The Kier molecular flexibility index (Phi) is 7.54. The van der Waals surface area contributed by atoms with Crippen LogP contribution in [-0.2, 0) is 19.6 Å². The number of halogens is 1. The molecule has 1 fully saturated rings. The molecule has 1 amide bonds. The first kappa shape index (κ1) is 29.6. The number of fused-ring (bicyclic) bond motifs is 1. The van der Waals surface area contributed by atoms with Gasteiger partial charge < -0.3 is 14.5 Å². The number of nitrogens with zero attached hydrogens (tertiary/aromatic N) is 3. The second-order valence-corrected chi connectivity index (χ2v) is 13.7. The number of benzene rings is 3. The van der Waals surface area contributed by atoms with Crippen molar-refractivity contribution in [2.75, 3.05) is 39.2 Å². The Morgan fingerprint density at radius 1 is 1.00 bits per heavy atom. The van der Waals surface area contributed by atoms with E-state index in [0.717, 1.165) is 11.3 Å². The van der Waals surface area contributed by atoms with E-state index in [1.165, 1.54) is 45.5 Å². The summed E-state index contributed by atoms with van der Waals surface area (Å²) in [7, 11) is 0.447. The van der Waals surface area contributed by atoms with E-state index < -0.39 is 15.8 Å². The molecule has 1 aliphatic rings. The second-order valence-electron chi connectivity index (χ2n) is 11.0. The van der Waals surface area contributed by atoms with E-state index in [2.05, 4.69) is 0 Å². The lowest BCUT2D eigenvalue weighted by molar-refractivity contribution is -0.146. The first-order valence-electron chi connectivity index (χ1n) is 13.9. The minimum absolute atomic E-state index is 0.0758. The Hall–Kier alpha value is -4.48. The lowest BCUT2D eigenvalue weighted by Gasteiger charge is -2.39. The molecule has 11 heteroatoms. The zero-order valence-corrected chi connectivity index (χ0v) is 26.2. The Morgan fingerprint density at radius 2 is 1.73 bits per heavy atom. The summed E-state index contributed by atoms with van der Waals surface area (Å²) in [5.41, 5.74) is 3.80. The first-order valence-corrected chi connectivity index (χ1v) is 16.2. The van der Waals surface area contributed by atoms with Gasteiger partial charge in [-0.2, -0.15) is 0 Å². The number of esters is 1. The molecule has 5 aromatic rings. The van der Waals surface area contributed by atoms with E-state index in [1.807, 2.05) is 30.0 Å². The second kappa shape index (κ2) is 11.2. The van der Waals surface area contributed by atoms with Gasteiger partial charge in [0.1, 0.15) is 5.82 Å². The topological polar surface area (TPSA) is 88.9 Å². The lowest BCUT2D eigenvalue weighted by Crippen LogP contribution is -2.50. The molecule has 0 aliphatic carbocycles. The standard InChI is InChI=1S/C33H30FN3O5S2/c1-20-8-11-25(12-9-20)44(40,41)37-28-13-10-23(34)17-27(28)29(26-14-15-43-31(26)32(38)35(2)3)30(37)21-6-5-7-24(16-21)36-18-22(19-36)33(39)42-4/h5-17,22H,18-19H2,1-4H3. The maximum Gasteiger partial charge on any atom is 0.312 e. The summed E-state index contributed by atoms with van der Waals surface area (Å²) in [4.78, 5) is 29.3. The highest BCUT2D eigenvalue weighted by Crippen LogP contribution is 2.46. The van der Waals surface area contributed by atoms with E-state index in [-0.39, 0.29) is 28.2 Å². The van der Waals surface area contributed by atoms with Crippen molar-refractivity contribution in [2.24, 2.45) is 5.92 Å². The maximum atomic E-state index is 14.9. The van der Waals surface area contributed by atoms with Gasteiger partial charge in [0.05, 0.1) is 34.0 Å². The lowest BCUT2D eigenvalue weighted by atomic mass is 9.96. The Balaban J connectivity index is 1.66. The van der Waals surface area contributed by atoms with Crippen molar-refractivity contribution in [1.82, 2.24) is 8.87 Å². The predicted octanol–water partition coefficient (Wildman–Crippen LogP) is 6.03. The van der Waals surface area contributed by atoms with Crippen molar-refractivity contribution >= 4 is 49.8 Å². The number of anilines is 1. The summed E-state index contributed by atoms with van der Waals surface area (Å²) in [5, 5.41) is 2.14. The first-order chi connectivity index (χ1) is 21.0. The van der Waals surface area contributed by atoms with E-state index in [4.69, 9.17) is 4.74 Å². The van der Waals surface area contributed by atoms with Crippen LogP contribution in [0.5, 0.6) is 0 Å².